The molecule has 0 aliphatic carbocycles. The molecule has 0 amide bonds. The average Bonchev–Trinajstić information content (AvgIpc) is 2.19. The molecule has 0 fully saturated rings. The first kappa shape index (κ1) is 8.52. The minimum atomic E-state index is 1.11. The normalized spacial score (nSPS) is 9.92. The van der Waals surface area contributed by atoms with Crippen molar-refractivity contribution in [3.8, 4) is 11.1 Å². The molecule has 13 heavy (non-hydrogen) atoms. The first-order valence-electron chi connectivity index (χ1n) is 4.08. The first-order chi connectivity index (χ1) is 6.36. The molecule has 63 valence electrons. The molecule has 2 rings (SSSR count). The van der Waals surface area contributed by atoms with Gasteiger partial charge in [0.25, 0.3) is 0 Å². The number of benzene rings is 2. The van der Waals surface area contributed by atoms with E-state index in [1.807, 2.05) is 30.3 Å². The summed E-state index contributed by atoms with van der Waals surface area (Å²) in [6.07, 6.45) is 0. The van der Waals surface area contributed by atoms with Crippen molar-refractivity contribution in [1.82, 2.24) is 0 Å². The second-order valence-corrected chi connectivity index (χ2v) is 3.72. The van der Waals surface area contributed by atoms with Crippen molar-refractivity contribution in [3.63, 3.8) is 0 Å². The summed E-state index contributed by atoms with van der Waals surface area (Å²) in [5, 5.41) is 0. The minimum absolute atomic E-state index is 1.11. The van der Waals surface area contributed by atoms with Crippen molar-refractivity contribution in [2.75, 3.05) is 0 Å². The molecule has 0 N–H and O–H groups in total. The van der Waals surface area contributed by atoms with Gasteiger partial charge in [-0.2, -0.15) is 0 Å². The lowest BCUT2D eigenvalue weighted by Gasteiger charge is -2.00. The molecule has 0 aliphatic heterocycles. The van der Waals surface area contributed by atoms with Gasteiger partial charge in [0.05, 0.1) is 0 Å². The maximum atomic E-state index is 3.45. The van der Waals surface area contributed by atoms with Crippen LogP contribution >= 0.6 is 15.9 Å². The highest BCUT2D eigenvalue weighted by atomic mass is 79.9. The summed E-state index contributed by atoms with van der Waals surface area (Å²) >= 11 is 3.45. The van der Waals surface area contributed by atoms with Gasteiger partial charge in [-0.3, -0.25) is 0 Å². The standard InChI is InChI=1S/C12H8Br/c13-12-8-4-7-11(9-12)10-5-2-1-3-6-10/h1-2,4-9H. The Labute approximate surface area is 86.4 Å². The molecule has 0 heterocycles. The van der Waals surface area contributed by atoms with Crippen LogP contribution in [0, 0.1) is 6.07 Å². The van der Waals surface area contributed by atoms with Crippen LogP contribution in [0.2, 0.25) is 0 Å². The van der Waals surface area contributed by atoms with E-state index in [9.17, 15) is 0 Å². The lowest BCUT2D eigenvalue weighted by Crippen LogP contribution is -1.75. The van der Waals surface area contributed by atoms with Gasteiger partial charge in [0.15, 0.2) is 0 Å². The predicted octanol–water partition coefficient (Wildman–Crippen LogP) is 3.92. The van der Waals surface area contributed by atoms with Gasteiger partial charge in [-0.15, -0.1) is 0 Å². The Morgan fingerprint density at radius 3 is 2.54 bits per heavy atom. The Morgan fingerprint density at radius 2 is 1.85 bits per heavy atom. The van der Waals surface area contributed by atoms with E-state index in [2.05, 4.69) is 40.2 Å². The number of halogens is 1. The van der Waals surface area contributed by atoms with Crippen LogP contribution in [-0.4, -0.2) is 0 Å². The largest absolute Gasteiger partial charge is 0.0610 e. The highest BCUT2D eigenvalue weighted by Gasteiger charge is 1.95. The fraction of sp³-hybridized carbons (Fsp3) is 0. The molecule has 0 spiro atoms. The summed E-state index contributed by atoms with van der Waals surface area (Å²) < 4.78 is 1.11. The Balaban J connectivity index is 2.48. The highest BCUT2D eigenvalue weighted by molar-refractivity contribution is 9.10. The molecule has 0 saturated heterocycles. The van der Waals surface area contributed by atoms with E-state index < -0.39 is 0 Å². The van der Waals surface area contributed by atoms with Gasteiger partial charge in [0.2, 0.25) is 0 Å². The first-order valence-corrected chi connectivity index (χ1v) is 4.87. The lowest BCUT2D eigenvalue weighted by atomic mass is 10.1. The molecule has 0 aliphatic rings. The molecular weight excluding hydrogens is 224 g/mol. The van der Waals surface area contributed by atoms with Gasteiger partial charge in [0.1, 0.15) is 0 Å². The third-order valence-electron chi connectivity index (χ3n) is 1.87. The molecule has 0 unspecified atom stereocenters. The van der Waals surface area contributed by atoms with Crippen LogP contribution < -0.4 is 0 Å². The van der Waals surface area contributed by atoms with Gasteiger partial charge in [-0.25, -0.2) is 0 Å². The van der Waals surface area contributed by atoms with Gasteiger partial charge < -0.3 is 0 Å². The summed E-state index contributed by atoms with van der Waals surface area (Å²) in [6, 6.07) is 19.3. The van der Waals surface area contributed by atoms with Crippen LogP contribution in [0.5, 0.6) is 0 Å². The van der Waals surface area contributed by atoms with Crippen LogP contribution in [0.1, 0.15) is 0 Å². The minimum Gasteiger partial charge on any atom is -0.0610 e. The summed E-state index contributed by atoms with van der Waals surface area (Å²) in [5.41, 5.74) is 2.41. The summed E-state index contributed by atoms with van der Waals surface area (Å²) in [7, 11) is 0. The number of hydrogen-bond donors (Lipinski definition) is 0. The van der Waals surface area contributed by atoms with Crippen molar-refractivity contribution in [1.29, 1.82) is 0 Å². The quantitative estimate of drug-likeness (QED) is 0.699. The van der Waals surface area contributed by atoms with Crippen molar-refractivity contribution < 1.29 is 0 Å². The maximum absolute atomic E-state index is 3.45. The molecule has 1 radical (unpaired) electrons. The molecule has 0 atom stereocenters. The molecule has 2 aromatic rings. The fourth-order valence-electron chi connectivity index (χ4n) is 1.24. The van der Waals surface area contributed by atoms with E-state index >= 15 is 0 Å². The van der Waals surface area contributed by atoms with Crippen LogP contribution in [0.25, 0.3) is 11.1 Å². The van der Waals surface area contributed by atoms with Crippen LogP contribution in [0.4, 0.5) is 0 Å². The summed E-state index contributed by atoms with van der Waals surface area (Å²) in [5.74, 6) is 0. The van der Waals surface area contributed by atoms with E-state index in [4.69, 9.17) is 0 Å². The third kappa shape index (κ3) is 1.99. The molecule has 0 saturated carbocycles. The fourth-order valence-corrected chi connectivity index (χ4v) is 1.64. The Morgan fingerprint density at radius 1 is 1.00 bits per heavy atom. The predicted molar refractivity (Wildman–Crippen MR) is 58.4 cm³/mol. The highest BCUT2D eigenvalue weighted by Crippen LogP contribution is 2.21. The molecule has 1 heteroatoms. The Hall–Kier alpha value is -1.08. The van der Waals surface area contributed by atoms with Crippen molar-refractivity contribution >= 4 is 15.9 Å². The molecule has 0 nitrogen and oxygen atoms in total. The van der Waals surface area contributed by atoms with E-state index in [1.54, 1.807) is 0 Å². The SMILES string of the molecule is Brc1cccc(-c2c[c]ccc2)c1. The number of rotatable bonds is 1. The zero-order valence-corrected chi connectivity index (χ0v) is 8.58. The van der Waals surface area contributed by atoms with Crippen LogP contribution in [0.15, 0.2) is 53.0 Å². The van der Waals surface area contributed by atoms with E-state index in [0.29, 0.717) is 0 Å². The summed E-state index contributed by atoms with van der Waals surface area (Å²) in [4.78, 5) is 0. The number of hydrogen-bond acceptors (Lipinski definition) is 0. The van der Waals surface area contributed by atoms with Gasteiger partial charge in [-0.05, 0) is 35.4 Å². The monoisotopic (exact) mass is 231 g/mol. The smallest absolute Gasteiger partial charge is 0.0181 e. The second-order valence-electron chi connectivity index (χ2n) is 2.80. The third-order valence-corrected chi connectivity index (χ3v) is 2.36. The maximum Gasteiger partial charge on any atom is 0.0181 e. The van der Waals surface area contributed by atoms with E-state index in [0.717, 1.165) is 4.47 Å². The van der Waals surface area contributed by atoms with Crippen molar-refractivity contribution in [2.24, 2.45) is 0 Å². The zero-order chi connectivity index (χ0) is 9.10. The Kier molecular flexibility index (Phi) is 2.46. The van der Waals surface area contributed by atoms with Gasteiger partial charge in [0, 0.05) is 4.47 Å². The van der Waals surface area contributed by atoms with Crippen LogP contribution in [-0.2, 0) is 0 Å². The topological polar surface area (TPSA) is 0 Å². The Bertz CT molecular complexity index is 393. The van der Waals surface area contributed by atoms with Crippen LogP contribution in [0.3, 0.4) is 0 Å². The molecular formula is C12H8Br. The lowest BCUT2D eigenvalue weighted by molar-refractivity contribution is 1.59. The van der Waals surface area contributed by atoms with Crippen molar-refractivity contribution in [3.05, 3.63) is 59.1 Å². The second kappa shape index (κ2) is 3.75. The average molecular weight is 232 g/mol. The van der Waals surface area contributed by atoms with Gasteiger partial charge in [-0.1, -0.05) is 46.3 Å². The van der Waals surface area contributed by atoms with E-state index in [1.165, 1.54) is 11.1 Å². The van der Waals surface area contributed by atoms with Crippen molar-refractivity contribution in [2.45, 2.75) is 0 Å². The molecule has 2 aromatic carbocycles. The van der Waals surface area contributed by atoms with Gasteiger partial charge >= 0.3 is 0 Å². The molecule has 0 aromatic heterocycles. The molecule has 0 bridgehead atoms. The summed E-state index contributed by atoms with van der Waals surface area (Å²) in [6.45, 7) is 0. The zero-order valence-electron chi connectivity index (χ0n) is 7.00. The van der Waals surface area contributed by atoms with E-state index in [-0.39, 0.29) is 0 Å².